The fraction of sp³-hybridized carbons (Fsp3) is 0.636. The molecule has 0 unspecified atom stereocenters. The molecule has 0 radical (unpaired) electrons. The Bertz CT molecular complexity index is 360. The van der Waals surface area contributed by atoms with Crippen molar-refractivity contribution in [3.8, 4) is 0 Å². The van der Waals surface area contributed by atoms with Crippen LogP contribution in [-0.2, 0) is 6.42 Å². The Morgan fingerprint density at radius 3 is 2.60 bits per heavy atom. The largest absolute Gasteiger partial charge is 0.379 e. The van der Waals surface area contributed by atoms with Crippen LogP contribution in [0.4, 0.5) is 11.5 Å². The first-order chi connectivity index (χ1) is 7.22. The van der Waals surface area contributed by atoms with Gasteiger partial charge >= 0.3 is 0 Å². The molecule has 0 spiro atoms. The van der Waals surface area contributed by atoms with E-state index in [0.717, 1.165) is 42.5 Å². The quantitative estimate of drug-likeness (QED) is 0.777. The number of anilines is 2. The third kappa shape index (κ3) is 1.89. The summed E-state index contributed by atoms with van der Waals surface area (Å²) < 4.78 is 0. The van der Waals surface area contributed by atoms with Gasteiger partial charge in [0.1, 0.15) is 5.82 Å². The zero-order valence-corrected chi connectivity index (χ0v) is 9.59. The predicted molar refractivity (Wildman–Crippen MR) is 62.5 cm³/mol. The molecular weight excluding hydrogens is 188 g/mol. The van der Waals surface area contributed by atoms with Gasteiger partial charge in [-0.2, -0.15) is 0 Å². The molecule has 0 saturated carbocycles. The third-order valence-electron chi connectivity index (χ3n) is 2.57. The van der Waals surface area contributed by atoms with Gasteiger partial charge in [-0.3, -0.25) is 0 Å². The van der Waals surface area contributed by atoms with Crippen molar-refractivity contribution < 1.29 is 0 Å². The van der Waals surface area contributed by atoms with Crippen LogP contribution in [0, 0.1) is 0 Å². The van der Waals surface area contributed by atoms with Crippen molar-refractivity contribution in [1.82, 2.24) is 9.97 Å². The molecule has 2 heterocycles. The minimum Gasteiger partial charge on any atom is -0.379 e. The lowest BCUT2D eigenvalue weighted by atomic mass is 10.1. The van der Waals surface area contributed by atoms with Gasteiger partial charge in [-0.1, -0.05) is 20.8 Å². The van der Waals surface area contributed by atoms with E-state index in [0.29, 0.717) is 5.92 Å². The summed E-state index contributed by atoms with van der Waals surface area (Å²) in [5.41, 5.74) is 2.22. The lowest BCUT2D eigenvalue weighted by Crippen LogP contribution is -2.24. The van der Waals surface area contributed by atoms with Gasteiger partial charge in [-0.05, 0) is 5.92 Å². The summed E-state index contributed by atoms with van der Waals surface area (Å²) in [6.45, 7) is 8.30. The molecule has 2 rings (SSSR count). The summed E-state index contributed by atoms with van der Waals surface area (Å²) in [6.07, 6.45) is 0.884. The molecule has 4 heteroatoms. The summed E-state index contributed by atoms with van der Waals surface area (Å²) in [6, 6.07) is 0. The van der Waals surface area contributed by atoms with Gasteiger partial charge in [0.25, 0.3) is 0 Å². The molecule has 4 nitrogen and oxygen atoms in total. The summed E-state index contributed by atoms with van der Waals surface area (Å²) in [7, 11) is 0. The monoisotopic (exact) mass is 206 g/mol. The molecule has 0 atom stereocenters. The van der Waals surface area contributed by atoms with E-state index in [-0.39, 0.29) is 0 Å². The third-order valence-corrected chi connectivity index (χ3v) is 2.57. The zero-order chi connectivity index (χ0) is 10.8. The SMILES string of the molecule is CCc1nc2c(c(C(C)C)n1)NCCN2. The molecular formula is C11H18N4. The number of aromatic nitrogens is 2. The summed E-state index contributed by atoms with van der Waals surface area (Å²) in [4.78, 5) is 9.08. The van der Waals surface area contributed by atoms with E-state index in [9.17, 15) is 0 Å². The molecule has 1 aliphatic heterocycles. The minimum atomic E-state index is 0.430. The minimum absolute atomic E-state index is 0.430. The van der Waals surface area contributed by atoms with Crippen molar-refractivity contribution in [2.75, 3.05) is 23.7 Å². The van der Waals surface area contributed by atoms with E-state index in [1.165, 1.54) is 0 Å². The number of aryl methyl sites for hydroxylation is 1. The highest BCUT2D eigenvalue weighted by molar-refractivity contribution is 5.69. The number of nitrogens with one attached hydrogen (secondary N) is 2. The number of nitrogens with zero attached hydrogens (tertiary/aromatic N) is 2. The van der Waals surface area contributed by atoms with Gasteiger partial charge in [0.2, 0.25) is 0 Å². The van der Waals surface area contributed by atoms with Crippen molar-refractivity contribution in [3.63, 3.8) is 0 Å². The van der Waals surface area contributed by atoms with Crippen LogP contribution in [0.1, 0.15) is 38.2 Å². The number of hydrogen-bond donors (Lipinski definition) is 2. The Hall–Kier alpha value is -1.32. The average molecular weight is 206 g/mol. The Balaban J connectivity index is 2.50. The number of hydrogen-bond acceptors (Lipinski definition) is 4. The molecule has 1 aromatic heterocycles. The van der Waals surface area contributed by atoms with Crippen LogP contribution in [0.5, 0.6) is 0 Å². The summed E-state index contributed by atoms with van der Waals surface area (Å²) >= 11 is 0. The second-order valence-corrected chi connectivity index (χ2v) is 4.11. The molecule has 2 N–H and O–H groups in total. The highest BCUT2D eigenvalue weighted by Gasteiger charge is 2.18. The lowest BCUT2D eigenvalue weighted by Gasteiger charge is -2.23. The molecule has 15 heavy (non-hydrogen) atoms. The van der Waals surface area contributed by atoms with Gasteiger partial charge in [-0.15, -0.1) is 0 Å². The number of fused-ring (bicyclic) bond motifs is 1. The molecule has 0 fully saturated rings. The van der Waals surface area contributed by atoms with Crippen LogP contribution < -0.4 is 10.6 Å². The van der Waals surface area contributed by atoms with Crippen LogP contribution in [0.15, 0.2) is 0 Å². The molecule has 0 aromatic carbocycles. The van der Waals surface area contributed by atoms with Gasteiger partial charge in [0, 0.05) is 19.5 Å². The second kappa shape index (κ2) is 4.04. The fourth-order valence-electron chi connectivity index (χ4n) is 1.77. The average Bonchev–Trinajstić information content (AvgIpc) is 2.27. The maximum atomic E-state index is 4.59. The first-order valence-electron chi connectivity index (χ1n) is 5.61. The highest BCUT2D eigenvalue weighted by Crippen LogP contribution is 2.30. The van der Waals surface area contributed by atoms with Gasteiger partial charge in [0.05, 0.1) is 11.4 Å². The van der Waals surface area contributed by atoms with Crippen LogP contribution in [0.25, 0.3) is 0 Å². The van der Waals surface area contributed by atoms with Crippen molar-refractivity contribution in [3.05, 3.63) is 11.5 Å². The van der Waals surface area contributed by atoms with E-state index < -0.39 is 0 Å². The predicted octanol–water partition coefficient (Wildman–Crippen LogP) is 2.00. The normalized spacial score (nSPS) is 14.4. The zero-order valence-electron chi connectivity index (χ0n) is 9.59. The van der Waals surface area contributed by atoms with Crippen LogP contribution in [0.3, 0.4) is 0 Å². The van der Waals surface area contributed by atoms with E-state index in [2.05, 4.69) is 41.4 Å². The molecule has 1 aliphatic rings. The van der Waals surface area contributed by atoms with E-state index in [4.69, 9.17) is 0 Å². The lowest BCUT2D eigenvalue weighted by molar-refractivity contribution is 0.782. The van der Waals surface area contributed by atoms with Gasteiger partial charge in [-0.25, -0.2) is 9.97 Å². The smallest absolute Gasteiger partial charge is 0.153 e. The topological polar surface area (TPSA) is 49.8 Å². The van der Waals surface area contributed by atoms with Gasteiger partial charge in [0.15, 0.2) is 5.82 Å². The Morgan fingerprint density at radius 1 is 1.20 bits per heavy atom. The van der Waals surface area contributed by atoms with Crippen molar-refractivity contribution in [2.24, 2.45) is 0 Å². The molecule has 1 aromatic rings. The standard InChI is InChI=1S/C11H18N4/c1-4-8-14-9(7(2)3)10-11(15-8)13-6-5-12-10/h7,12H,4-6H2,1-3H3,(H,13,14,15). The summed E-state index contributed by atoms with van der Waals surface area (Å²) in [5, 5.41) is 6.70. The van der Waals surface area contributed by atoms with Crippen LogP contribution >= 0.6 is 0 Å². The maximum absolute atomic E-state index is 4.59. The first kappa shape index (κ1) is 10.2. The van der Waals surface area contributed by atoms with Gasteiger partial charge < -0.3 is 10.6 Å². The molecule has 0 aliphatic carbocycles. The molecule has 82 valence electrons. The number of rotatable bonds is 2. The Morgan fingerprint density at radius 2 is 1.93 bits per heavy atom. The van der Waals surface area contributed by atoms with Crippen LogP contribution in [0.2, 0.25) is 0 Å². The van der Waals surface area contributed by atoms with E-state index >= 15 is 0 Å². The van der Waals surface area contributed by atoms with Crippen molar-refractivity contribution >= 4 is 11.5 Å². The Kier molecular flexibility index (Phi) is 2.75. The maximum Gasteiger partial charge on any atom is 0.153 e. The fourth-order valence-corrected chi connectivity index (χ4v) is 1.77. The first-order valence-corrected chi connectivity index (χ1v) is 5.61. The molecule has 0 bridgehead atoms. The molecule has 0 amide bonds. The Labute approximate surface area is 90.5 Å². The molecule has 0 saturated heterocycles. The van der Waals surface area contributed by atoms with Crippen molar-refractivity contribution in [1.29, 1.82) is 0 Å². The van der Waals surface area contributed by atoms with Crippen LogP contribution in [-0.4, -0.2) is 23.1 Å². The second-order valence-electron chi connectivity index (χ2n) is 4.11. The highest BCUT2D eigenvalue weighted by atomic mass is 15.1. The van der Waals surface area contributed by atoms with E-state index in [1.807, 2.05) is 0 Å². The van der Waals surface area contributed by atoms with Crippen molar-refractivity contribution in [2.45, 2.75) is 33.1 Å². The summed E-state index contributed by atoms with van der Waals surface area (Å²) in [5.74, 6) is 2.32. The van der Waals surface area contributed by atoms with E-state index in [1.54, 1.807) is 0 Å².